The fourth-order valence-corrected chi connectivity index (χ4v) is 3.04. The predicted octanol–water partition coefficient (Wildman–Crippen LogP) is 3.50. The maximum atomic E-state index is 5.45. The number of halogens is 1. The molecule has 0 fully saturated rings. The molecule has 1 atom stereocenters. The molecule has 4 nitrogen and oxygen atoms in total. The average Bonchev–Trinajstić information content (AvgIpc) is 2.96. The first-order valence-corrected chi connectivity index (χ1v) is 7.42. The number of nitrogens with one attached hydrogen (secondary N) is 1. The summed E-state index contributed by atoms with van der Waals surface area (Å²) in [4.78, 5) is 0. The Morgan fingerprint density at radius 2 is 1.81 bits per heavy atom. The largest absolute Gasteiger partial charge is 0.496 e. The van der Waals surface area contributed by atoms with Gasteiger partial charge in [0.25, 0.3) is 0 Å². The lowest BCUT2D eigenvalue weighted by molar-refractivity contribution is 0.174. The fraction of sp³-hybridized carbons (Fsp3) is 0.250. The molecule has 0 bridgehead atoms. The highest BCUT2D eigenvalue weighted by atomic mass is 79.9. The molecule has 1 aliphatic rings. The predicted molar refractivity (Wildman–Crippen MR) is 84.2 cm³/mol. The summed E-state index contributed by atoms with van der Waals surface area (Å²) in [6, 6.07) is 12.1. The Bertz CT molecular complexity index is 660. The molecule has 0 radical (unpaired) electrons. The number of hydrogen-bond acceptors (Lipinski definition) is 4. The second-order valence-corrected chi connectivity index (χ2v) is 5.58. The third-order valence-electron chi connectivity index (χ3n) is 3.53. The van der Waals surface area contributed by atoms with Crippen LogP contribution in [0.4, 0.5) is 0 Å². The van der Waals surface area contributed by atoms with Gasteiger partial charge in [0.05, 0.1) is 17.6 Å². The zero-order valence-corrected chi connectivity index (χ0v) is 13.4. The van der Waals surface area contributed by atoms with Crippen LogP contribution in [0.15, 0.2) is 40.9 Å². The molecule has 0 saturated carbocycles. The number of ether oxygens (including phenoxy) is 3. The molecule has 0 aliphatic carbocycles. The summed E-state index contributed by atoms with van der Waals surface area (Å²) in [5.41, 5.74) is 2.27. The summed E-state index contributed by atoms with van der Waals surface area (Å²) in [6.07, 6.45) is 0. The summed E-state index contributed by atoms with van der Waals surface area (Å²) >= 11 is 3.53. The van der Waals surface area contributed by atoms with Crippen molar-refractivity contribution in [1.82, 2.24) is 5.32 Å². The zero-order chi connectivity index (χ0) is 14.8. The van der Waals surface area contributed by atoms with Gasteiger partial charge in [0.2, 0.25) is 6.79 Å². The van der Waals surface area contributed by atoms with E-state index in [0.29, 0.717) is 0 Å². The highest BCUT2D eigenvalue weighted by Gasteiger charge is 2.19. The minimum absolute atomic E-state index is 0.0710. The molecule has 1 heterocycles. The van der Waals surface area contributed by atoms with E-state index in [4.69, 9.17) is 14.2 Å². The van der Waals surface area contributed by atoms with Gasteiger partial charge < -0.3 is 19.5 Å². The van der Waals surface area contributed by atoms with Gasteiger partial charge in [-0.1, -0.05) is 12.1 Å². The lowest BCUT2D eigenvalue weighted by atomic mass is 9.98. The molecule has 1 N–H and O–H groups in total. The summed E-state index contributed by atoms with van der Waals surface area (Å²) < 4.78 is 17.0. The summed E-state index contributed by atoms with van der Waals surface area (Å²) in [5, 5.41) is 3.33. The van der Waals surface area contributed by atoms with Crippen molar-refractivity contribution in [3.8, 4) is 17.2 Å². The van der Waals surface area contributed by atoms with Gasteiger partial charge in [0.15, 0.2) is 11.5 Å². The molecule has 5 heteroatoms. The summed E-state index contributed by atoms with van der Waals surface area (Å²) in [6.45, 7) is 0.289. The lowest BCUT2D eigenvalue weighted by Crippen LogP contribution is -2.17. The van der Waals surface area contributed by atoms with E-state index >= 15 is 0 Å². The molecule has 21 heavy (non-hydrogen) atoms. The normalized spacial score (nSPS) is 14.0. The average molecular weight is 350 g/mol. The maximum Gasteiger partial charge on any atom is 0.231 e. The molecular formula is C16H16BrNO3. The van der Waals surface area contributed by atoms with Crippen molar-refractivity contribution >= 4 is 15.9 Å². The maximum absolute atomic E-state index is 5.45. The molecular weight excluding hydrogens is 334 g/mol. The van der Waals surface area contributed by atoms with Gasteiger partial charge in [-0.2, -0.15) is 0 Å². The van der Waals surface area contributed by atoms with Crippen LogP contribution in [0, 0.1) is 0 Å². The highest BCUT2D eigenvalue weighted by Crippen LogP contribution is 2.36. The van der Waals surface area contributed by atoms with Gasteiger partial charge in [0.1, 0.15) is 5.75 Å². The van der Waals surface area contributed by atoms with Crippen molar-refractivity contribution in [3.63, 3.8) is 0 Å². The van der Waals surface area contributed by atoms with Crippen LogP contribution < -0.4 is 19.5 Å². The third-order valence-corrected chi connectivity index (χ3v) is 4.15. The van der Waals surface area contributed by atoms with Gasteiger partial charge in [-0.15, -0.1) is 0 Å². The van der Waals surface area contributed by atoms with Crippen molar-refractivity contribution < 1.29 is 14.2 Å². The summed E-state index contributed by atoms with van der Waals surface area (Å²) in [5.74, 6) is 2.41. The first-order chi connectivity index (χ1) is 10.2. The molecule has 0 spiro atoms. The standard InChI is InChI=1S/C16H16BrNO3/c1-18-16(10-3-5-13(19-2)12(17)7-10)11-4-6-14-15(8-11)21-9-20-14/h3-8,16,18H,9H2,1-2H3. The van der Waals surface area contributed by atoms with Crippen LogP contribution in [-0.2, 0) is 0 Å². The Hall–Kier alpha value is -1.72. The number of fused-ring (bicyclic) bond motifs is 1. The molecule has 3 rings (SSSR count). The Labute approximate surface area is 132 Å². The monoisotopic (exact) mass is 349 g/mol. The second-order valence-electron chi connectivity index (χ2n) is 4.73. The van der Waals surface area contributed by atoms with E-state index in [2.05, 4.69) is 33.4 Å². The molecule has 1 unspecified atom stereocenters. The first kappa shape index (κ1) is 14.2. The number of methoxy groups -OCH3 is 1. The molecule has 0 saturated heterocycles. The quantitative estimate of drug-likeness (QED) is 0.916. The topological polar surface area (TPSA) is 39.7 Å². The molecule has 110 valence electrons. The Morgan fingerprint density at radius 1 is 1.10 bits per heavy atom. The van der Waals surface area contributed by atoms with Crippen LogP contribution >= 0.6 is 15.9 Å². The van der Waals surface area contributed by atoms with Crippen molar-refractivity contribution in [2.45, 2.75) is 6.04 Å². The Kier molecular flexibility index (Phi) is 4.03. The van der Waals surface area contributed by atoms with E-state index in [1.54, 1.807) is 7.11 Å². The van der Waals surface area contributed by atoms with E-state index in [9.17, 15) is 0 Å². The Morgan fingerprint density at radius 3 is 2.52 bits per heavy atom. The van der Waals surface area contributed by atoms with Gasteiger partial charge in [-0.3, -0.25) is 0 Å². The minimum atomic E-state index is 0.0710. The van der Waals surface area contributed by atoms with Gasteiger partial charge in [-0.05, 0) is 58.4 Å². The van der Waals surface area contributed by atoms with E-state index in [1.165, 1.54) is 0 Å². The van der Waals surface area contributed by atoms with Gasteiger partial charge in [-0.25, -0.2) is 0 Å². The van der Waals surface area contributed by atoms with Crippen LogP contribution in [0.25, 0.3) is 0 Å². The molecule has 1 aliphatic heterocycles. The lowest BCUT2D eigenvalue weighted by Gasteiger charge is -2.18. The number of hydrogen-bond donors (Lipinski definition) is 1. The SMILES string of the molecule is CNC(c1ccc(OC)c(Br)c1)c1ccc2c(c1)OCO2. The van der Waals surface area contributed by atoms with E-state index in [1.807, 2.05) is 31.3 Å². The number of benzene rings is 2. The molecule has 2 aromatic rings. The van der Waals surface area contributed by atoms with E-state index in [-0.39, 0.29) is 12.8 Å². The van der Waals surface area contributed by atoms with Crippen molar-refractivity contribution in [3.05, 3.63) is 52.0 Å². The minimum Gasteiger partial charge on any atom is -0.496 e. The Balaban J connectivity index is 1.96. The van der Waals surface area contributed by atoms with Gasteiger partial charge >= 0.3 is 0 Å². The van der Waals surface area contributed by atoms with E-state index in [0.717, 1.165) is 32.8 Å². The number of rotatable bonds is 4. The van der Waals surface area contributed by atoms with Crippen LogP contribution in [-0.4, -0.2) is 21.0 Å². The highest BCUT2D eigenvalue weighted by molar-refractivity contribution is 9.10. The zero-order valence-electron chi connectivity index (χ0n) is 11.9. The third kappa shape index (κ3) is 2.71. The van der Waals surface area contributed by atoms with Crippen LogP contribution in [0.5, 0.6) is 17.2 Å². The van der Waals surface area contributed by atoms with Crippen LogP contribution in [0.3, 0.4) is 0 Å². The second kappa shape index (κ2) is 5.95. The van der Waals surface area contributed by atoms with E-state index < -0.39 is 0 Å². The molecule has 0 aromatic heterocycles. The van der Waals surface area contributed by atoms with Crippen LogP contribution in [0.2, 0.25) is 0 Å². The van der Waals surface area contributed by atoms with Crippen molar-refractivity contribution in [2.75, 3.05) is 21.0 Å². The smallest absolute Gasteiger partial charge is 0.231 e. The van der Waals surface area contributed by atoms with Crippen molar-refractivity contribution in [1.29, 1.82) is 0 Å². The van der Waals surface area contributed by atoms with Crippen molar-refractivity contribution in [2.24, 2.45) is 0 Å². The first-order valence-electron chi connectivity index (χ1n) is 6.63. The fourth-order valence-electron chi connectivity index (χ4n) is 2.48. The van der Waals surface area contributed by atoms with Crippen LogP contribution in [0.1, 0.15) is 17.2 Å². The molecule has 0 amide bonds. The molecule has 2 aromatic carbocycles. The summed E-state index contributed by atoms with van der Waals surface area (Å²) in [7, 11) is 3.60. The van der Waals surface area contributed by atoms with Gasteiger partial charge in [0, 0.05) is 0 Å².